The van der Waals surface area contributed by atoms with E-state index in [2.05, 4.69) is 0 Å². The zero-order valence-corrected chi connectivity index (χ0v) is 16.8. The number of fused-ring (bicyclic) bond motifs is 2. The van der Waals surface area contributed by atoms with Crippen molar-refractivity contribution >= 4 is 16.1 Å². The maximum absolute atomic E-state index is 12.3. The van der Waals surface area contributed by atoms with Crippen LogP contribution in [0.25, 0.3) is 0 Å². The smallest absolute Gasteiger partial charge is 0.309 e. The molecule has 0 radical (unpaired) electrons. The van der Waals surface area contributed by atoms with Crippen molar-refractivity contribution in [3.05, 3.63) is 11.1 Å². The predicted octanol–water partition coefficient (Wildman–Crippen LogP) is 4.14. The zero-order chi connectivity index (χ0) is 18.9. The highest BCUT2D eigenvalue weighted by molar-refractivity contribution is 7.85. The van der Waals surface area contributed by atoms with E-state index in [1.54, 1.807) is 0 Å². The molecule has 3 atom stereocenters. The van der Waals surface area contributed by atoms with Gasteiger partial charge in [-0.05, 0) is 56.8 Å². The molecule has 2 saturated carbocycles. The van der Waals surface area contributed by atoms with Gasteiger partial charge in [0.05, 0.1) is 18.8 Å². The van der Waals surface area contributed by atoms with Gasteiger partial charge in [-0.2, -0.15) is 8.42 Å². The van der Waals surface area contributed by atoms with E-state index in [0.29, 0.717) is 25.4 Å². The summed E-state index contributed by atoms with van der Waals surface area (Å²) in [5.41, 5.74) is 1.31. The third-order valence-corrected chi connectivity index (χ3v) is 7.98. The van der Waals surface area contributed by atoms with E-state index in [9.17, 15) is 17.8 Å². The Morgan fingerprint density at radius 2 is 1.88 bits per heavy atom. The zero-order valence-electron chi connectivity index (χ0n) is 16.0. The molecule has 2 fully saturated rings. The molecule has 0 aromatic heterocycles. The van der Waals surface area contributed by atoms with Crippen LogP contribution < -0.4 is 0 Å². The van der Waals surface area contributed by atoms with Crippen molar-refractivity contribution in [1.82, 2.24) is 0 Å². The van der Waals surface area contributed by atoms with Crippen molar-refractivity contribution in [2.75, 3.05) is 12.4 Å². The fraction of sp³-hybridized carbons (Fsp3) is 0.850. The van der Waals surface area contributed by atoms with Gasteiger partial charge in [0.2, 0.25) is 0 Å². The molecule has 3 unspecified atom stereocenters. The maximum atomic E-state index is 12.3. The fourth-order valence-electron chi connectivity index (χ4n) is 5.47. The molecule has 26 heavy (non-hydrogen) atoms. The Morgan fingerprint density at radius 1 is 1.23 bits per heavy atom. The van der Waals surface area contributed by atoms with Crippen LogP contribution in [0.2, 0.25) is 0 Å². The average Bonchev–Trinajstić information content (AvgIpc) is 2.79. The summed E-state index contributed by atoms with van der Waals surface area (Å²) < 4.78 is 37.3. The quantitative estimate of drug-likeness (QED) is 0.423. The monoisotopic (exact) mass is 384 g/mol. The number of carbonyl (C=O) groups is 1. The molecule has 0 spiro atoms. The van der Waals surface area contributed by atoms with Crippen LogP contribution in [0.1, 0.15) is 71.6 Å². The van der Waals surface area contributed by atoms with Gasteiger partial charge in [-0.15, -0.1) is 0 Å². The third kappa shape index (κ3) is 4.89. The molecule has 5 nitrogen and oxygen atoms in total. The lowest BCUT2D eigenvalue weighted by Gasteiger charge is -2.38. The highest BCUT2D eigenvalue weighted by Gasteiger charge is 2.38. The van der Waals surface area contributed by atoms with Crippen LogP contribution in [-0.2, 0) is 19.6 Å². The van der Waals surface area contributed by atoms with Gasteiger partial charge in [-0.1, -0.05) is 37.3 Å². The van der Waals surface area contributed by atoms with Crippen LogP contribution in [0.3, 0.4) is 0 Å². The summed E-state index contributed by atoms with van der Waals surface area (Å²) >= 11 is 0. The van der Waals surface area contributed by atoms with Crippen LogP contribution in [-0.4, -0.2) is 31.3 Å². The molecule has 0 aliphatic heterocycles. The largest absolute Gasteiger partial charge is 0.465 e. The summed E-state index contributed by atoms with van der Waals surface area (Å²) in [6.07, 6.45) is 9.36. The van der Waals surface area contributed by atoms with E-state index >= 15 is 0 Å². The Balaban J connectivity index is 1.51. The van der Waals surface area contributed by atoms with Crippen molar-refractivity contribution < 1.29 is 22.5 Å². The summed E-state index contributed by atoms with van der Waals surface area (Å²) in [5, 5.41) is 0. The fourth-order valence-corrected chi connectivity index (χ4v) is 6.64. The molecule has 0 amide bonds. The van der Waals surface area contributed by atoms with E-state index in [1.165, 1.54) is 38.5 Å². The van der Waals surface area contributed by atoms with Crippen LogP contribution in [0, 0.1) is 23.2 Å². The number of carbonyl (C=O) groups excluding carboxylic acids is 1. The van der Waals surface area contributed by atoms with E-state index < -0.39 is 15.5 Å². The van der Waals surface area contributed by atoms with Gasteiger partial charge >= 0.3 is 5.97 Å². The topological polar surface area (TPSA) is 80.7 Å². The minimum atomic E-state index is -4.03. The molecule has 3 aliphatic rings. The van der Waals surface area contributed by atoms with Crippen molar-refractivity contribution in [2.24, 2.45) is 23.2 Å². The third-order valence-electron chi connectivity index (χ3n) is 6.98. The second-order valence-corrected chi connectivity index (χ2v) is 10.6. The van der Waals surface area contributed by atoms with Gasteiger partial charge in [-0.25, -0.2) is 0 Å². The van der Waals surface area contributed by atoms with Crippen molar-refractivity contribution in [3.8, 4) is 0 Å². The molecular formula is C20H32O5S. The van der Waals surface area contributed by atoms with Crippen molar-refractivity contribution in [3.63, 3.8) is 0 Å². The first-order chi connectivity index (χ1) is 12.1. The summed E-state index contributed by atoms with van der Waals surface area (Å²) in [6.45, 7) is 4.25. The second-order valence-electron chi connectivity index (χ2n) is 9.11. The van der Waals surface area contributed by atoms with Gasteiger partial charge in [0.25, 0.3) is 10.1 Å². The SMILES string of the molecule is CC1=C(CC(=O)OCC2CC3CCCC(C3)C2)CCC1(C)CS(=O)(=O)O. The number of allylic oxidation sites excluding steroid dienone is 1. The first kappa shape index (κ1) is 19.9. The van der Waals surface area contributed by atoms with E-state index in [1.807, 2.05) is 13.8 Å². The van der Waals surface area contributed by atoms with Crippen LogP contribution in [0.15, 0.2) is 11.1 Å². The highest BCUT2D eigenvalue weighted by Crippen LogP contribution is 2.45. The predicted molar refractivity (Wildman–Crippen MR) is 100 cm³/mol. The number of rotatable bonds is 6. The van der Waals surface area contributed by atoms with Gasteiger partial charge in [0.15, 0.2) is 0 Å². The Labute approximate surface area is 157 Å². The highest BCUT2D eigenvalue weighted by atomic mass is 32.2. The van der Waals surface area contributed by atoms with Gasteiger partial charge in [0, 0.05) is 5.41 Å². The average molecular weight is 385 g/mol. The normalized spacial score (nSPS) is 34.8. The van der Waals surface area contributed by atoms with E-state index in [0.717, 1.165) is 23.0 Å². The second kappa shape index (κ2) is 7.63. The number of esters is 1. The van der Waals surface area contributed by atoms with Crippen molar-refractivity contribution in [2.45, 2.75) is 71.6 Å². The molecule has 0 aromatic carbocycles. The molecule has 3 rings (SSSR count). The van der Waals surface area contributed by atoms with E-state index in [4.69, 9.17) is 4.74 Å². The Bertz CT molecular complexity index is 668. The minimum Gasteiger partial charge on any atom is -0.465 e. The summed E-state index contributed by atoms with van der Waals surface area (Å²) in [5.74, 6) is 1.67. The molecular weight excluding hydrogens is 352 g/mol. The number of ether oxygens (including phenoxy) is 1. The Hall–Kier alpha value is -0.880. The molecule has 0 heterocycles. The van der Waals surface area contributed by atoms with Crippen LogP contribution in [0.4, 0.5) is 0 Å². The number of hydrogen-bond donors (Lipinski definition) is 1. The molecule has 148 valence electrons. The molecule has 0 aromatic rings. The molecule has 3 aliphatic carbocycles. The van der Waals surface area contributed by atoms with Gasteiger partial charge < -0.3 is 4.74 Å². The summed E-state index contributed by atoms with van der Waals surface area (Å²) in [6, 6.07) is 0. The lowest BCUT2D eigenvalue weighted by Crippen LogP contribution is -2.29. The molecule has 2 bridgehead atoms. The maximum Gasteiger partial charge on any atom is 0.309 e. The Kier molecular flexibility index (Phi) is 5.83. The number of hydrogen-bond acceptors (Lipinski definition) is 4. The van der Waals surface area contributed by atoms with Crippen molar-refractivity contribution in [1.29, 1.82) is 0 Å². The van der Waals surface area contributed by atoms with Gasteiger partial charge in [-0.3, -0.25) is 9.35 Å². The standard InChI is InChI=1S/C20H32O5S/c1-14-18(6-7-20(14,2)13-26(22,23)24)11-19(21)25-12-17-9-15-4-3-5-16(8-15)10-17/h15-17H,3-13H2,1-2H3,(H,22,23,24). The van der Waals surface area contributed by atoms with Crippen LogP contribution in [0.5, 0.6) is 0 Å². The first-order valence-corrected chi connectivity index (χ1v) is 11.6. The summed E-state index contributed by atoms with van der Waals surface area (Å²) in [7, 11) is -4.03. The minimum absolute atomic E-state index is 0.203. The van der Waals surface area contributed by atoms with E-state index in [-0.39, 0.29) is 18.1 Å². The Morgan fingerprint density at radius 3 is 2.50 bits per heavy atom. The van der Waals surface area contributed by atoms with Gasteiger partial charge in [0.1, 0.15) is 0 Å². The lowest BCUT2D eigenvalue weighted by molar-refractivity contribution is -0.145. The first-order valence-electron chi connectivity index (χ1n) is 9.94. The molecule has 1 N–H and O–H groups in total. The lowest BCUT2D eigenvalue weighted by atomic mass is 9.68. The summed E-state index contributed by atoms with van der Waals surface area (Å²) in [4.78, 5) is 12.3. The molecule has 0 saturated heterocycles. The van der Waals surface area contributed by atoms with Crippen LogP contribution >= 0.6 is 0 Å². The molecule has 6 heteroatoms.